The second-order valence-electron chi connectivity index (χ2n) is 6.76. The Hall–Kier alpha value is -3.25. The Kier molecular flexibility index (Phi) is 7.26. The molecule has 2 heterocycles. The van der Waals surface area contributed by atoms with E-state index in [0.717, 1.165) is 10.2 Å². The first-order valence-corrected chi connectivity index (χ1v) is 12.2. The number of aromatic nitrogens is 2. The number of nitrogens with one attached hydrogen (secondary N) is 1. The lowest BCUT2D eigenvalue weighted by molar-refractivity contribution is -0.115. The normalized spacial score (nSPS) is 12.1. The van der Waals surface area contributed by atoms with Gasteiger partial charge in [0.05, 0.1) is 16.8 Å². The summed E-state index contributed by atoms with van der Waals surface area (Å²) in [5.41, 5.74) is 0.815. The molecule has 0 radical (unpaired) electrons. The number of carbonyl (C=O) groups excluding carboxylic acids is 2. The lowest BCUT2D eigenvalue weighted by Crippen LogP contribution is -2.28. The van der Waals surface area contributed by atoms with Crippen molar-refractivity contribution in [1.82, 2.24) is 9.72 Å². The van der Waals surface area contributed by atoms with Gasteiger partial charge in [-0.2, -0.15) is 4.99 Å². The number of amides is 2. The SMILES string of the molecule is C=CCn1c(=NC(=O)CS(=O)(=O)CC(=O)Nc2cc(C)on2)sc2cc(OCC)ccc21. The maximum Gasteiger partial charge on any atom is 0.263 e. The number of sulfone groups is 1. The zero-order valence-corrected chi connectivity index (χ0v) is 19.2. The highest BCUT2D eigenvalue weighted by Gasteiger charge is 2.22. The molecular weight excluding hydrogens is 456 g/mol. The van der Waals surface area contributed by atoms with E-state index in [4.69, 9.17) is 9.26 Å². The number of ether oxygens (including phenoxy) is 1. The minimum Gasteiger partial charge on any atom is -0.494 e. The van der Waals surface area contributed by atoms with E-state index in [1.54, 1.807) is 17.6 Å². The Morgan fingerprint density at radius 2 is 2.12 bits per heavy atom. The lowest BCUT2D eigenvalue weighted by atomic mass is 10.3. The average Bonchev–Trinajstić information content (AvgIpc) is 3.24. The van der Waals surface area contributed by atoms with Gasteiger partial charge in [0.1, 0.15) is 23.0 Å². The average molecular weight is 479 g/mol. The highest BCUT2D eigenvalue weighted by atomic mass is 32.2. The minimum absolute atomic E-state index is 0.0980. The summed E-state index contributed by atoms with van der Waals surface area (Å²) in [6, 6.07) is 6.93. The number of anilines is 1. The molecule has 0 atom stereocenters. The highest BCUT2D eigenvalue weighted by molar-refractivity contribution is 7.92. The molecule has 0 saturated carbocycles. The number of allylic oxidation sites excluding steroid dienone is 1. The molecule has 2 amide bonds. The Morgan fingerprint density at radius 3 is 2.78 bits per heavy atom. The van der Waals surface area contributed by atoms with E-state index in [-0.39, 0.29) is 5.82 Å². The van der Waals surface area contributed by atoms with Gasteiger partial charge in [0.15, 0.2) is 20.5 Å². The summed E-state index contributed by atoms with van der Waals surface area (Å²) in [5, 5.41) is 5.87. The largest absolute Gasteiger partial charge is 0.494 e. The number of benzene rings is 1. The van der Waals surface area contributed by atoms with E-state index in [1.165, 1.54) is 17.4 Å². The van der Waals surface area contributed by atoms with Gasteiger partial charge in [-0.1, -0.05) is 22.6 Å². The molecule has 0 aliphatic heterocycles. The summed E-state index contributed by atoms with van der Waals surface area (Å²) >= 11 is 1.23. The monoisotopic (exact) mass is 478 g/mol. The summed E-state index contributed by atoms with van der Waals surface area (Å²) < 4.78 is 37.5. The van der Waals surface area contributed by atoms with Crippen LogP contribution in [0.3, 0.4) is 0 Å². The number of carbonyl (C=O) groups is 2. The maximum absolute atomic E-state index is 12.4. The van der Waals surface area contributed by atoms with Crippen molar-refractivity contribution in [2.45, 2.75) is 20.4 Å². The molecular formula is C20H22N4O6S2. The molecule has 3 rings (SSSR count). The van der Waals surface area contributed by atoms with E-state index in [1.807, 2.05) is 25.1 Å². The number of hydrogen-bond donors (Lipinski definition) is 1. The summed E-state index contributed by atoms with van der Waals surface area (Å²) in [6.45, 7) is 8.12. The number of aryl methyl sites for hydroxylation is 1. The van der Waals surface area contributed by atoms with Crippen molar-refractivity contribution in [3.8, 4) is 5.75 Å². The molecule has 0 saturated heterocycles. The van der Waals surface area contributed by atoms with Crippen LogP contribution in [-0.2, 0) is 26.0 Å². The summed E-state index contributed by atoms with van der Waals surface area (Å²) in [6.07, 6.45) is 1.65. The van der Waals surface area contributed by atoms with Crippen LogP contribution in [0.1, 0.15) is 12.7 Å². The van der Waals surface area contributed by atoms with Crippen LogP contribution in [0.5, 0.6) is 5.75 Å². The molecule has 0 aliphatic carbocycles. The standard InChI is InChI=1S/C20H22N4O6S2/c1-4-8-24-15-7-6-14(29-5-2)10-16(15)31-20(24)22-19(26)12-32(27,28)11-18(25)21-17-9-13(3)30-23-17/h4,6-7,9-10H,1,5,8,11-12H2,2-3H3,(H,21,23,25). The first-order valence-electron chi connectivity index (χ1n) is 9.59. The van der Waals surface area contributed by atoms with Crippen LogP contribution in [0.4, 0.5) is 5.82 Å². The van der Waals surface area contributed by atoms with Gasteiger partial charge in [0, 0.05) is 12.6 Å². The molecule has 0 aliphatic rings. The second kappa shape index (κ2) is 9.92. The predicted molar refractivity (Wildman–Crippen MR) is 120 cm³/mol. The van der Waals surface area contributed by atoms with Crippen molar-refractivity contribution < 1.29 is 27.3 Å². The van der Waals surface area contributed by atoms with Crippen LogP contribution < -0.4 is 14.9 Å². The summed E-state index contributed by atoms with van der Waals surface area (Å²) in [5.74, 6) is -2.23. The van der Waals surface area contributed by atoms with Gasteiger partial charge in [-0.3, -0.25) is 9.59 Å². The van der Waals surface area contributed by atoms with Crippen molar-refractivity contribution in [2.75, 3.05) is 23.4 Å². The van der Waals surface area contributed by atoms with Crippen LogP contribution in [-0.4, -0.2) is 48.1 Å². The third kappa shape index (κ3) is 5.92. The molecule has 0 bridgehead atoms. The maximum atomic E-state index is 12.4. The third-order valence-corrected chi connectivity index (χ3v) is 6.52. The zero-order chi connectivity index (χ0) is 23.3. The Morgan fingerprint density at radius 1 is 1.34 bits per heavy atom. The van der Waals surface area contributed by atoms with E-state index >= 15 is 0 Å². The third-order valence-electron chi connectivity index (χ3n) is 4.09. The number of hydrogen-bond acceptors (Lipinski definition) is 8. The van der Waals surface area contributed by atoms with Crippen molar-refractivity contribution in [3.05, 3.63) is 47.5 Å². The first-order chi connectivity index (χ1) is 15.2. The van der Waals surface area contributed by atoms with Gasteiger partial charge < -0.3 is 19.1 Å². The topological polar surface area (TPSA) is 133 Å². The number of fused-ring (bicyclic) bond motifs is 1. The molecule has 0 unspecified atom stereocenters. The van der Waals surface area contributed by atoms with Gasteiger partial charge in [-0.15, -0.1) is 6.58 Å². The Balaban J connectivity index is 1.79. The highest BCUT2D eigenvalue weighted by Crippen LogP contribution is 2.23. The van der Waals surface area contributed by atoms with Gasteiger partial charge >= 0.3 is 0 Å². The molecule has 2 aromatic heterocycles. The van der Waals surface area contributed by atoms with E-state index in [0.29, 0.717) is 29.5 Å². The smallest absolute Gasteiger partial charge is 0.263 e. The predicted octanol–water partition coefficient (Wildman–Crippen LogP) is 2.06. The quantitative estimate of drug-likeness (QED) is 0.466. The van der Waals surface area contributed by atoms with Crippen molar-refractivity contribution in [3.63, 3.8) is 0 Å². The molecule has 1 N–H and O–H groups in total. The van der Waals surface area contributed by atoms with Crippen LogP contribution in [0.15, 0.2) is 46.4 Å². The molecule has 0 fully saturated rings. The number of nitrogens with zero attached hydrogens (tertiary/aromatic N) is 3. The van der Waals surface area contributed by atoms with Crippen molar-refractivity contribution >= 4 is 49.0 Å². The van der Waals surface area contributed by atoms with E-state index in [2.05, 4.69) is 22.0 Å². The second-order valence-corrected chi connectivity index (χ2v) is 9.83. The van der Waals surface area contributed by atoms with Crippen molar-refractivity contribution in [1.29, 1.82) is 0 Å². The van der Waals surface area contributed by atoms with Crippen molar-refractivity contribution in [2.24, 2.45) is 4.99 Å². The number of thiazole rings is 1. The van der Waals surface area contributed by atoms with Gasteiger partial charge in [0.2, 0.25) is 5.91 Å². The van der Waals surface area contributed by atoms with E-state index < -0.39 is 33.2 Å². The van der Waals surface area contributed by atoms with E-state index in [9.17, 15) is 18.0 Å². The number of rotatable bonds is 9. The van der Waals surface area contributed by atoms with Crippen LogP contribution >= 0.6 is 11.3 Å². The molecule has 10 nitrogen and oxygen atoms in total. The minimum atomic E-state index is -4.04. The fraction of sp³-hybridized carbons (Fsp3) is 0.300. The molecule has 170 valence electrons. The zero-order valence-electron chi connectivity index (χ0n) is 17.5. The van der Waals surface area contributed by atoms with Gasteiger partial charge in [-0.25, -0.2) is 8.42 Å². The first kappa shape index (κ1) is 23.4. The molecule has 12 heteroatoms. The summed E-state index contributed by atoms with van der Waals surface area (Å²) in [7, 11) is -4.04. The molecule has 0 spiro atoms. The lowest BCUT2D eigenvalue weighted by Gasteiger charge is -2.04. The molecule has 32 heavy (non-hydrogen) atoms. The molecule has 3 aromatic rings. The van der Waals surface area contributed by atoms with Gasteiger partial charge in [-0.05, 0) is 32.0 Å². The Bertz CT molecular complexity index is 1330. The Labute approximate surface area is 188 Å². The van der Waals surface area contributed by atoms with Crippen LogP contribution in [0.25, 0.3) is 10.2 Å². The van der Waals surface area contributed by atoms with Crippen LogP contribution in [0, 0.1) is 6.92 Å². The fourth-order valence-corrected chi connectivity index (χ4v) is 4.98. The molecule has 1 aromatic carbocycles. The van der Waals surface area contributed by atoms with Crippen LogP contribution in [0.2, 0.25) is 0 Å². The van der Waals surface area contributed by atoms with Gasteiger partial charge in [0.25, 0.3) is 5.91 Å². The fourth-order valence-electron chi connectivity index (χ4n) is 2.88. The summed E-state index contributed by atoms with van der Waals surface area (Å²) in [4.78, 5) is 28.7.